The molecule has 2 N–H and O–H groups in total. The quantitative estimate of drug-likeness (QED) is 0.885. The maximum atomic E-state index is 9.41. The molecule has 3 rings (SSSR count). The summed E-state index contributed by atoms with van der Waals surface area (Å²) in [4.78, 5) is 4.70. The maximum absolute atomic E-state index is 9.41. The van der Waals surface area contributed by atoms with Gasteiger partial charge in [0.25, 0.3) is 0 Å². The molecule has 2 atom stereocenters. The number of pyridine rings is 1. The van der Waals surface area contributed by atoms with Crippen molar-refractivity contribution in [2.75, 3.05) is 11.9 Å². The van der Waals surface area contributed by atoms with E-state index in [2.05, 4.69) is 11.4 Å². The minimum absolute atomic E-state index is 0.213. The third kappa shape index (κ3) is 2.51. The molecule has 4 heteroatoms. The van der Waals surface area contributed by atoms with Crippen molar-refractivity contribution in [3.63, 3.8) is 0 Å². The number of anilines is 1. The van der Waals surface area contributed by atoms with E-state index in [1.165, 1.54) is 18.4 Å². The minimum Gasteiger partial charge on any atom is -0.396 e. The Morgan fingerprint density at radius 1 is 1.30 bits per heavy atom. The summed E-state index contributed by atoms with van der Waals surface area (Å²) in [6, 6.07) is 4.52. The molecule has 0 aliphatic heterocycles. The summed E-state index contributed by atoms with van der Waals surface area (Å²) in [6.45, 7) is 0.213. The predicted octanol–water partition coefficient (Wildman–Crippen LogP) is 2.40. The fourth-order valence-electron chi connectivity index (χ4n) is 3.45. The van der Waals surface area contributed by atoms with E-state index in [0.29, 0.717) is 11.5 Å². The Bertz CT molecular complexity index is 535. The van der Waals surface area contributed by atoms with Gasteiger partial charge >= 0.3 is 0 Å². The van der Waals surface area contributed by atoms with Gasteiger partial charge in [0.1, 0.15) is 11.9 Å². The number of nitrogens with zero attached hydrogens (tertiary/aromatic N) is 2. The number of hydrogen-bond acceptors (Lipinski definition) is 4. The van der Waals surface area contributed by atoms with Crippen molar-refractivity contribution in [3.8, 4) is 6.07 Å². The normalized spacial score (nSPS) is 25.0. The summed E-state index contributed by atoms with van der Waals surface area (Å²) >= 11 is 0. The van der Waals surface area contributed by atoms with Gasteiger partial charge < -0.3 is 10.4 Å². The maximum Gasteiger partial charge on any atom is 0.144 e. The highest BCUT2D eigenvalue weighted by Crippen LogP contribution is 2.30. The standard InChI is InChI=1S/C16H21N3O/c17-9-13-8-11-4-1-2-6-14(11)18-16(13)19-15-7-3-5-12(15)10-20/h8,12,15,20H,1-7,10H2,(H,18,19). The van der Waals surface area contributed by atoms with E-state index < -0.39 is 0 Å². The molecule has 20 heavy (non-hydrogen) atoms. The van der Waals surface area contributed by atoms with Gasteiger partial charge in [0, 0.05) is 24.3 Å². The van der Waals surface area contributed by atoms with Crippen LogP contribution in [0.1, 0.15) is 48.9 Å². The van der Waals surface area contributed by atoms with Crippen LogP contribution in [0.15, 0.2) is 6.07 Å². The van der Waals surface area contributed by atoms with E-state index in [-0.39, 0.29) is 12.6 Å². The van der Waals surface area contributed by atoms with Crippen LogP contribution in [0, 0.1) is 17.2 Å². The Labute approximate surface area is 119 Å². The van der Waals surface area contributed by atoms with Crippen LogP contribution in [0.25, 0.3) is 0 Å². The summed E-state index contributed by atoms with van der Waals surface area (Å²) in [5.74, 6) is 1.01. The number of fused-ring (bicyclic) bond motifs is 1. The van der Waals surface area contributed by atoms with Gasteiger partial charge in [-0.1, -0.05) is 6.42 Å². The molecule has 1 saturated carbocycles. The van der Waals surface area contributed by atoms with Crippen molar-refractivity contribution < 1.29 is 5.11 Å². The lowest BCUT2D eigenvalue weighted by molar-refractivity contribution is 0.222. The van der Waals surface area contributed by atoms with E-state index in [1.54, 1.807) is 0 Å². The fraction of sp³-hybridized carbons (Fsp3) is 0.625. The number of aliphatic hydroxyl groups excluding tert-OH is 1. The SMILES string of the molecule is N#Cc1cc2c(nc1NC1CCCC1CO)CCCC2. The summed E-state index contributed by atoms with van der Waals surface area (Å²) in [6.07, 6.45) is 7.69. The first-order valence-corrected chi connectivity index (χ1v) is 7.62. The molecule has 1 aromatic rings. The zero-order chi connectivity index (χ0) is 13.9. The van der Waals surface area contributed by atoms with Crippen molar-refractivity contribution in [2.45, 2.75) is 51.0 Å². The number of nitrogens with one attached hydrogen (secondary N) is 1. The second kappa shape index (κ2) is 5.80. The minimum atomic E-state index is 0.213. The van der Waals surface area contributed by atoms with Gasteiger partial charge in [0.15, 0.2) is 0 Å². The molecule has 0 aromatic carbocycles. The number of nitriles is 1. The van der Waals surface area contributed by atoms with Gasteiger partial charge in [-0.2, -0.15) is 5.26 Å². The second-order valence-electron chi connectivity index (χ2n) is 5.93. The summed E-state index contributed by atoms with van der Waals surface area (Å²) in [5, 5.41) is 22.2. The van der Waals surface area contributed by atoms with E-state index in [9.17, 15) is 10.4 Å². The van der Waals surface area contributed by atoms with Gasteiger partial charge in [-0.25, -0.2) is 4.98 Å². The molecule has 2 aliphatic rings. The summed E-state index contributed by atoms with van der Waals surface area (Å²) in [7, 11) is 0. The monoisotopic (exact) mass is 271 g/mol. The zero-order valence-corrected chi connectivity index (χ0v) is 11.7. The van der Waals surface area contributed by atoms with Crippen LogP contribution in [-0.2, 0) is 12.8 Å². The Hall–Kier alpha value is -1.60. The topological polar surface area (TPSA) is 68.9 Å². The van der Waals surface area contributed by atoms with Gasteiger partial charge in [-0.3, -0.25) is 0 Å². The number of aliphatic hydroxyl groups is 1. The average Bonchev–Trinajstić information content (AvgIpc) is 2.93. The van der Waals surface area contributed by atoms with E-state index >= 15 is 0 Å². The van der Waals surface area contributed by atoms with E-state index in [1.807, 2.05) is 6.07 Å². The molecule has 0 radical (unpaired) electrons. The highest BCUT2D eigenvalue weighted by atomic mass is 16.3. The highest BCUT2D eigenvalue weighted by Gasteiger charge is 2.27. The first-order chi connectivity index (χ1) is 9.81. The van der Waals surface area contributed by atoms with Crippen LogP contribution in [0.3, 0.4) is 0 Å². The Balaban J connectivity index is 1.86. The van der Waals surface area contributed by atoms with Gasteiger partial charge in [0.2, 0.25) is 0 Å². The van der Waals surface area contributed by atoms with Crippen molar-refractivity contribution in [1.82, 2.24) is 4.98 Å². The molecule has 1 heterocycles. The Kier molecular flexibility index (Phi) is 3.88. The molecule has 0 amide bonds. The lowest BCUT2D eigenvalue weighted by Crippen LogP contribution is -2.27. The number of rotatable bonds is 3. The summed E-state index contributed by atoms with van der Waals surface area (Å²) < 4.78 is 0. The van der Waals surface area contributed by atoms with E-state index in [0.717, 1.165) is 43.6 Å². The number of hydrogen-bond donors (Lipinski definition) is 2. The van der Waals surface area contributed by atoms with Crippen molar-refractivity contribution in [3.05, 3.63) is 22.9 Å². The Morgan fingerprint density at radius 2 is 2.15 bits per heavy atom. The predicted molar refractivity (Wildman–Crippen MR) is 77.4 cm³/mol. The fourth-order valence-corrected chi connectivity index (χ4v) is 3.45. The van der Waals surface area contributed by atoms with Crippen LogP contribution in [-0.4, -0.2) is 22.7 Å². The first-order valence-electron chi connectivity index (χ1n) is 7.62. The third-order valence-corrected chi connectivity index (χ3v) is 4.64. The average molecular weight is 271 g/mol. The molecule has 106 valence electrons. The largest absolute Gasteiger partial charge is 0.396 e. The molecule has 0 saturated heterocycles. The van der Waals surface area contributed by atoms with Crippen LogP contribution in [0.2, 0.25) is 0 Å². The number of aryl methyl sites for hydroxylation is 2. The van der Waals surface area contributed by atoms with Crippen LogP contribution < -0.4 is 5.32 Å². The zero-order valence-electron chi connectivity index (χ0n) is 11.7. The lowest BCUT2D eigenvalue weighted by Gasteiger charge is -2.22. The van der Waals surface area contributed by atoms with E-state index in [4.69, 9.17) is 4.98 Å². The Morgan fingerprint density at radius 3 is 2.95 bits per heavy atom. The molecule has 4 nitrogen and oxygen atoms in total. The van der Waals surface area contributed by atoms with Crippen LogP contribution in [0.4, 0.5) is 5.82 Å². The highest BCUT2D eigenvalue weighted by molar-refractivity contribution is 5.55. The lowest BCUT2D eigenvalue weighted by atomic mass is 9.94. The van der Waals surface area contributed by atoms with Crippen LogP contribution in [0.5, 0.6) is 0 Å². The van der Waals surface area contributed by atoms with Crippen molar-refractivity contribution in [1.29, 1.82) is 5.26 Å². The van der Waals surface area contributed by atoms with Gasteiger partial charge in [0.05, 0.1) is 5.56 Å². The molecule has 1 aromatic heterocycles. The van der Waals surface area contributed by atoms with Crippen LogP contribution >= 0.6 is 0 Å². The molecule has 0 spiro atoms. The molecule has 0 bridgehead atoms. The van der Waals surface area contributed by atoms with Gasteiger partial charge in [-0.05, 0) is 50.2 Å². The molecular formula is C16H21N3O. The van der Waals surface area contributed by atoms with Crippen molar-refractivity contribution in [2.24, 2.45) is 5.92 Å². The van der Waals surface area contributed by atoms with Crippen molar-refractivity contribution >= 4 is 5.82 Å². The first kappa shape index (κ1) is 13.4. The summed E-state index contributed by atoms with van der Waals surface area (Å²) in [5.41, 5.74) is 3.04. The molecule has 1 fully saturated rings. The molecular weight excluding hydrogens is 250 g/mol. The molecule has 2 aliphatic carbocycles. The smallest absolute Gasteiger partial charge is 0.144 e. The third-order valence-electron chi connectivity index (χ3n) is 4.64. The second-order valence-corrected chi connectivity index (χ2v) is 5.93. The number of aromatic nitrogens is 1. The van der Waals surface area contributed by atoms with Gasteiger partial charge in [-0.15, -0.1) is 0 Å². The molecule has 2 unspecified atom stereocenters.